The lowest BCUT2D eigenvalue weighted by atomic mass is 9.78. The van der Waals surface area contributed by atoms with Crippen molar-refractivity contribution in [3.63, 3.8) is 0 Å². The normalized spacial score (nSPS) is 16.0. The van der Waals surface area contributed by atoms with Crippen LogP contribution in [0.5, 0.6) is 0 Å². The van der Waals surface area contributed by atoms with Crippen LogP contribution in [0, 0.1) is 25.7 Å². The summed E-state index contributed by atoms with van der Waals surface area (Å²) in [4.78, 5) is 175. The van der Waals surface area contributed by atoms with Gasteiger partial charge in [-0.15, -0.1) is 0 Å². The van der Waals surface area contributed by atoms with Crippen molar-refractivity contribution in [2.75, 3.05) is 37.6 Å². The Kier molecular flexibility index (Phi) is 38.6. The fraction of sp³-hybridized carbons (Fsp3) is 0.442. The second-order valence-corrected chi connectivity index (χ2v) is 33.7. The van der Waals surface area contributed by atoms with Gasteiger partial charge in [0.25, 0.3) is 70.9 Å². The molecule has 7 aliphatic heterocycles. The third-order valence-corrected chi connectivity index (χ3v) is 24.2. The molecule has 662 valence electrons. The van der Waals surface area contributed by atoms with E-state index in [4.69, 9.17) is 0 Å². The summed E-state index contributed by atoms with van der Waals surface area (Å²) in [7, 11) is 0. The van der Waals surface area contributed by atoms with Gasteiger partial charge in [-0.2, -0.15) is 0 Å². The highest BCUT2D eigenvalue weighted by Gasteiger charge is 2.36. The molecule has 125 heavy (non-hydrogen) atoms. The van der Waals surface area contributed by atoms with Gasteiger partial charge in [-0.25, -0.2) is 24.5 Å². The van der Waals surface area contributed by atoms with Crippen molar-refractivity contribution in [3.8, 4) is 0 Å². The highest BCUT2D eigenvalue weighted by atomic mass is 16.2. The zero-order chi connectivity index (χ0) is 89.9. The van der Waals surface area contributed by atoms with E-state index in [1.165, 1.54) is 247 Å². The lowest BCUT2D eigenvalue weighted by Gasteiger charge is -2.28. The molecule has 2 unspecified atom stereocenters. The van der Waals surface area contributed by atoms with Crippen molar-refractivity contribution in [1.82, 2.24) is 9.80 Å². The number of carbonyl (C=O) groups is 14. The predicted octanol–water partition coefficient (Wildman–Crippen LogP) is 19.7. The highest BCUT2D eigenvalue weighted by Crippen LogP contribution is 2.37. The summed E-state index contributed by atoms with van der Waals surface area (Å²) in [5.74, 6) is -1.93. The number of amides is 14. The summed E-state index contributed by atoms with van der Waals surface area (Å²) in [6.45, 7) is 21.0. The lowest BCUT2D eigenvalue weighted by Crippen LogP contribution is -2.31. The number of unbranched alkanes of at least 4 members (excludes halogenated alkanes) is 22. The van der Waals surface area contributed by atoms with Gasteiger partial charge in [0.05, 0.1) is 41.3 Å². The molecule has 2 atom stereocenters. The molecule has 5 aromatic carbocycles. The van der Waals surface area contributed by atoms with E-state index in [0.29, 0.717) is 78.4 Å². The Morgan fingerprint density at radius 2 is 0.544 bits per heavy atom. The zero-order valence-corrected chi connectivity index (χ0v) is 74.4. The third-order valence-electron chi connectivity index (χ3n) is 24.2. The van der Waals surface area contributed by atoms with Crippen molar-refractivity contribution < 1.29 is 67.1 Å². The number of benzene rings is 5. The van der Waals surface area contributed by atoms with Crippen molar-refractivity contribution >= 4 is 111 Å². The maximum absolute atomic E-state index is 12.2. The van der Waals surface area contributed by atoms with Gasteiger partial charge in [0, 0.05) is 85.0 Å². The van der Waals surface area contributed by atoms with E-state index in [0.717, 1.165) is 96.7 Å². The van der Waals surface area contributed by atoms with Crippen molar-refractivity contribution in [2.45, 2.75) is 273 Å². The minimum Gasteiger partial charge on any atom is -0.279 e. The molecule has 2 fully saturated rings. The Hall–Kier alpha value is -11.7. The van der Waals surface area contributed by atoms with Crippen LogP contribution in [0.4, 0.5) is 28.4 Å². The van der Waals surface area contributed by atoms with E-state index >= 15 is 0 Å². The van der Waals surface area contributed by atoms with E-state index in [1.54, 1.807) is 48.5 Å². The molecule has 0 aromatic heterocycles. The minimum atomic E-state index is -0.344. The number of nitrogens with zero attached hydrogens (tertiary/aromatic N) is 7. The van der Waals surface area contributed by atoms with Gasteiger partial charge in [-0.1, -0.05) is 287 Å². The Morgan fingerprint density at radius 1 is 0.288 bits per heavy atom. The van der Waals surface area contributed by atoms with Gasteiger partial charge in [-0.05, 0) is 145 Å². The van der Waals surface area contributed by atoms with Gasteiger partial charge in [0.15, 0.2) is 0 Å². The first kappa shape index (κ1) is 97.1. The number of hydrogen-bond donors (Lipinski definition) is 0. The summed E-state index contributed by atoms with van der Waals surface area (Å²) < 4.78 is 0. The van der Waals surface area contributed by atoms with Crippen LogP contribution in [0.1, 0.15) is 278 Å². The standard InChI is InChI=1S/C46H80N2O4.C27H26N2O4.C21H14N2O4.C10H7NO2/c1-5-7-9-11-19-25-31-41(33-27-21-15-13-17-23-29-35-47-43(49)37-39(3)45(47)51)42(32-26-20-12-10-8-6-2)34-28-22-16-14-18-24-30-36-48-44(50)38-40(4)46(48)52;1-5-20-14-18(11-16(3)26(20)28-22(30)7-8-23(28)31)13-19-12-17(4)27(21(6-2)15-19)29-24(32)9-10-25(29)33;24-18-9-10-19(25)22(18)16-5-1-14(2-6-16)13-15-3-7-17(8-4-15)23-20(26)11-12-21(23)27;12-9-6-7-10(13)11(9)8-4-2-1-3-5-8/h41-42H,3-38H2,1-2H3;7-12,14-15H,5-6,13H2,1-4H3;1-12H,13H2;1-7H. The fourth-order valence-corrected chi connectivity index (χ4v) is 17.5. The summed E-state index contributed by atoms with van der Waals surface area (Å²) in [6.07, 6.45) is 54.9. The molecule has 2 saturated heterocycles. The van der Waals surface area contributed by atoms with Crippen molar-refractivity contribution in [1.29, 1.82) is 0 Å². The number of para-hydroxylation sites is 1. The number of likely N-dealkylation sites (tertiary alicyclic amines) is 2. The number of hydrogen-bond acceptors (Lipinski definition) is 14. The number of rotatable bonds is 46. The quantitative estimate of drug-likeness (QED) is 0.0199. The summed E-state index contributed by atoms with van der Waals surface area (Å²) in [5.41, 5.74) is 11.7. The molecule has 0 saturated carbocycles. The molecule has 5 aromatic rings. The second kappa shape index (κ2) is 49.7. The first-order valence-electron chi connectivity index (χ1n) is 45.7. The van der Waals surface area contributed by atoms with E-state index in [-0.39, 0.29) is 95.5 Å². The van der Waals surface area contributed by atoms with Gasteiger partial charge in [0.2, 0.25) is 11.8 Å². The molecule has 21 nitrogen and oxygen atoms in total. The minimum absolute atomic E-state index is 0.0764. The van der Waals surface area contributed by atoms with E-state index in [2.05, 4.69) is 27.0 Å². The molecule has 12 rings (SSSR count). The molecule has 0 radical (unpaired) electrons. The average molecular weight is 1700 g/mol. The van der Waals surface area contributed by atoms with Crippen LogP contribution in [-0.4, -0.2) is 106 Å². The number of anilines is 5. The summed E-state index contributed by atoms with van der Waals surface area (Å²) in [5, 5.41) is 0. The van der Waals surface area contributed by atoms with Crippen LogP contribution >= 0.6 is 0 Å². The highest BCUT2D eigenvalue weighted by molar-refractivity contribution is 6.31. The van der Waals surface area contributed by atoms with E-state index < -0.39 is 0 Å². The molecule has 7 heterocycles. The maximum Gasteiger partial charge on any atom is 0.258 e. The summed E-state index contributed by atoms with van der Waals surface area (Å²) in [6, 6.07) is 31.4. The van der Waals surface area contributed by atoms with Crippen LogP contribution in [-0.2, 0) is 92.8 Å². The van der Waals surface area contributed by atoms with Gasteiger partial charge in [-0.3, -0.25) is 76.9 Å². The molecule has 0 N–H and O–H groups in total. The maximum atomic E-state index is 12.2. The Morgan fingerprint density at radius 3 is 0.816 bits per heavy atom. The Labute approximate surface area is 738 Å². The van der Waals surface area contributed by atoms with Crippen LogP contribution in [0.2, 0.25) is 0 Å². The fourth-order valence-electron chi connectivity index (χ4n) is 17.5. The largest absolute Gasteiger partial charge is 0.279 e. The molecule has 21 heteroatoms. The van der Waals surface area contributed by atoms with Crippen molar-refractivity contribution in [3.05, 3.63) is 233 Å². The van der Waals surface area contributed by atoms with Crippen molar-refractivity contribution in [2.24, 2.45) is 11.8 Å². The molecule has 0 spiro atoms. The predicted molar refractivity (Wildman–Crippen MR) is 492 cm³/mol. The number of carbonyl (C=O) groups excluding carboxylic acids is 14. The molecule has 14 amide bonds. The Balaban J connectivity index is 0.000000206. The summed E-state index contributed by atoms with van der Waals surface area (Å²) >= 11 is 0. The monoisotopic (exact) mass is 1700 g/mol. The number of imide groups is 7. The van der Waals surface area contributed by atoms with E-state index in [1.807, 2.05) is 82.3 Å². The van der Waals surface area contributed by atoms with Crippen LogP contribution in [0.3, 0.4) is 0 Å². The van der Waals surface area contributed by atoms with Crippen LogP contribution < -0.4 is 24.5 Å². The van der Waals surface area contributed by atoms with Crippen LogP contribution in [0.15, 0.2) is 188 Å². The second-order valence-electron chi connectivity index (χ2n) is 33.7. The van der Waals surface area contributed by atoms with Crippen LogP contribution in [0.25, 0.3) is 0 Å². The molecular formula is C104H127N7O14. The molecule has 0 aliphatic carbocycles. The zero-order valence-electron chi connectivity index (χ0n) is 74.4. The van der Waals surface area contributed by atoms with E-state index in [9.17, 15) is 67.1 Å². The third kappa shape index (κ3) is 27.9. The molecule has 0 bridgehead atoms. The first-order valence-corrected chi connectivity index (χ1v) is 45.7. The lowest BCUT2D eigenvalue weighted by molar-refractivity contribution is -0.139. The van der Waals surface area contributed by atoms with Gasteiger partial charge in [0.1, 0.15) is 0 Å². The molecular weight excluding hydrogens is 1570 g/mol. The molecule has 7 aliphatic rings. The van der Waals surface area contributed by atoms with Gasteiger partial charge < -0.3 is 0 Å². The number of aryl methyl sites for hydroxylation is 4. The average Bonchev–Trinajstić information content (AvgIpc) is 1.66. The SMILES string of the molecule is C=C1CC(=O)N(CCCCCCCCCC(CCCCCCCC)C(CCCCCCCC)CCCCCCCCCN2C(=O)CC(=C)C2=O)C1=O.CCc1cc(Cc2cc(C)c(N3C(=O)C=CC3=O)c(CC)c2)cc(C)c1N1C(=O)C=CC1=O.O=C1C=CC(=O)N1c1ccc(Cc2ccc(N3C(=O)C=CC3=O)cc2)cc1.O=C1C=CC(=O)N1c1ccccc1. The topological polar surface area (TPSA) is 262 Å². The Bertz CT molecular complexity index is 4540. The first-order chi connectivity index (χ1) is 60.4. The smallest absolute Gasteiger partial charge is 0.258 e. The van der Waals surface area contributed by atoms with Gasteiger partial charge >= 0.3 is 0 Å².